The van der Waals surface area contributed by atoms with Crippen LogP contribution >= 0.6 is 0 Å². The average Bonchev–Trinajstić information content (AvgIpc) is 2.78. The first-order valence-corrected chi connectivity index (χ1v) is 6.97. The molecule has 1 amide bonds. The van der Waals surface area contributed by atoms with Crippen LogP contribution in [0.5, 0.6) is 0 Å². The molecule has 0 aliphatic heterocycles. The Morgan fingerprint density at radius 1 is 1.26 bits per heavy atom. The Morgan fingerprint density at radius 3 is 2.61 bits per heavy atom. The summed E-state index contributed by atoms with van der Waals surface area (Å²) < 4.78 is 31.7. The number of esters is 1. The molecule has 1 aromatic heterocycles. The number of rotatable bonds is 4. The number of hydrogen-bond donors (Lipinski definition) is 2. The van der Waals surface area contributed by atoms with Crippen molar-refractivity contribution in [2.24, 2.45) is 0 Å². The minimum Gasteiger partial charge on any atom is -0.462 e. The lowest BCUT2D eigenvalue weighted by Crippen LogP contribution is -2.15. The van der Waals surface area contributed by atoms with Crippen molar-refractivity contribution in [1.29, 1.82) is 0 Å². The minimum atomic E-state index is -0.758. The van der Waals surface area contributed by atoms with Crippen molar-refractivity contribution < 1.29 is 23.1 Å². The Labute approximate surface area is 131 Å². The third-order valence-corrected chi connectivity index (χ3v) is 3.32. The number of hydrogen-bond acceptors (Lipinski definition) is 3. The Bertz CT molecular complexity index is 769. The smallest absolute Gasteiger partial charge is 0.340 e. The van der Waals surface area contributed by atoms with Gasteiger partial charge in [0, 0.05) is 11.8 Å². The number of aromatic amines is 1. The van der Waals surface area contributed by atoms with Crippen molar-refractivity contribution in [3.63, 3.8) is 0 Å². The molecule has 0 saturated carbocycles. The van der Waals surface area contributed by atoms with E-state index in [4.69, 9.17) is 4.74 Å². The quantitative estimate of drug-likeness (QED) is 0.848. The fourth-order valence-electron chi connectivity index (χ4n) is 2.26. The topological polar surface area (TPSA) is 71.2 Å². The van der Waals surface area contributed by atoms with Crippen molar-refractivity contribution in [3.8, 4) is 0 Å². The molecule has 1 aromatic carbocycles. The Balaban J connectivity index is 2.32. The number of aryl methyl sites for hydroxylation is 1. The first-order valence-electron chi connectivity index (χ1n) is 6.97. The SMILES string of the molecule is CCOC(=O)c1c(C)[nH]c(C(=O)Nc2cc(F)ccc2F)c1C. The zero-order valence-electron chi connectivity index (χ0n) is 12.9. The second-order valence-electron chi connectivity index (χ2n) is 4.92. The number of nitrogens with one attached hydrogen (secondary N) is 2. The lowest BCUT2D eigenvalue weighted by Gasteiger charge is -2.06. The maximum atomic E-state index is 13.6. The lowest BCUT2D eigenvalue weighted by atomic mass is 10.1. The highest BCUT2D eigenvalue weighted by atomic mass is 19.1. The van der Waals surface area contributed by atoms with Crippen LogP contribution in [-0.2, 0) is 4.74 Å². The summed E-state index contributed by atoms with van der Waals surface area (Å²) in [5.41, 5.74) is 0.923. The van der Waals surface area contributed by atoms with Gasteiger partial charge in [0.2, 0.25) is 0 Å². The number of anilines is 1. The molecule has 0 atom stereocenters. The minimum absolute atomic E-state index is 0.0919. The zero-order chi connectivity index (χ0) is 17.1. The molecule has 23 heavy (non-hydrogen) atoms. The first kappa shape index (κ1) is 16.7. The molecule has 2 N–H and O–H groups in total. The summed E-state index contributed by atoms with van der Waals surface area (Å²) in [7, 11) is 0. The Hall–Kier alpha value is -2.70. The summed E-state index contributed by atoms with van der Waals surface area (Å²) in [5, 5.41) is 2.28. The molecular formula is C16H16F2N2O3. The fourth-order valence-corrected chi connectivity index (χ4v) is 2.26. The van der Waals surface area contributed by atoms with Crippen LogP contribution < -0.4 is 5.32 Å². The number of aromatic nitrogens is 1. The van der Waals surface area contributed by atoms with Crippen molar-refractivity contribution >= 4 is 17.6 Å². The molecule has 0 radical (unpaired) electrons. The van der Waals surface area contributed by atoms with Crippen LogP contribution in [0.25, 0.3) is 0 Å². The van der Waals surface area contributed by atoms with Gasteiger partial charge in [-0.1, -0.05) is 0 Å². The maximum Gasteiger partial charge on any atom is 0.340 e. The second kappa shape index (κ2) is 6.60. The molecule has 0 aliphatic rings. The van der Waals surface area contributed by atoms with E-state index in [0.29, 0.717) is 11.3 Å². The van der Waals surface area contributed by atoms with Crippen LogP contribution in [0.3, 0.4) is 0 Å². The van der Waals surface area contributed by atoms with Crippen molar-refractivity contribution in [2.75, 3.05) is 11.9 Å². The van der Waals surface area contributed by atoms with Gasteiger partial charge in [0.25, 0.3) is 5.91 Å². The van der Waals surface area contributed by atoms with E-state index in [1.54, 1.807) is 20.8 Å². The van der Waals surface area contributed by atoms with Crippen molar-refractivity contribution in [3.05, 3.63) is 52.3 Å². The van der Waals surface area contributed by atoms with Gasteiger partial charge in [-0.25, -0.2) is 13.6 Å². The van der Waals surface area contributed by atoms with E-state index in [1.807, 2.05) is 0 Å². The van der Waals surface area contributed by atoms with Crippen LogP contribution in [0.2, 0.25) is 0 Å². The van der Waals surface area contributed by atoms with Crippen LogP contribution in [0.15, 0.2) is 18.2 Å². The Morgan fingerprint density at radius 2 is 1.96 bits per heavy atom. The maximum absolute atomic E-state index is 13.6. The van der Waals surface area contributed by atoms with Crippen LogP contribution in [0.4, 0.5) is 14.5 Å². The fraction of sp³-hybridized carbons (Fsp3) is 0.250. The van der Waals surface area contributed by atoms with Crippen LogP contribution in [0.1, 0.15) is 39.0 Å². The second-order valence-corrected chi connectivity index (χ2v) is 4.92. The van der Waals surface area contributed by atoms with Crippen molar-refractivity contribution in [2.45, 2.75) is 20.8 Å². The highest BCUT2D eigenvalue weighted by molar-refractivity contribution is 6.06. The van der Waals surface area contributed by atoms with Gasteiger partial charge in [-0.2, -0.15) is 0 Å². The van der Waals surface area contributed by atoms with Gasteiger partial charge >= 0.3 is 5.97 Å². The number of benzene rings is 1. The molecule has 0 spiro atoms. The number of amides is 1. The molecule has 1 heterocycles. The molecular weight excluding hydrogens is 306 g/mol. The average molecular weight is 322 g/mol. The van der Waals surface area contributed by atoms with Crippen LogP contribution in [0, 0.1) is 25.5 Å². The molecule has 0 saturated heterocycles. The van der Waals surface area contributed by atoms with E-state index < -0.39 is 23.5 Å². The van der Waals surface area contributed by atoms with Gasteiger partial charge in [-0.05, 0) is 38.5 Å². The number of halogens is 2. The predicted molar refractivity (Wildman–Crippen MR) is 80.5 cm³/mol. The van der Waals surface area contributed by atoms with Gasteiger partial charge < -0.3 is 15.0 Å². The van der Waals surface area contributed by atoms with E-state index in [-0.39, 0.29) is 23.6 Å². The molecule has 5 nitrogen and oxygen atoms in total. The molecule has 2 rings (SSSR count). The third-order valence-electron chi connectivity index (χ3n) is 3.32. The number of carbonyl (C=O) groups is 2. The Kier molecular flexibility index (Phi) is 4.78. The monoisotopic (exact) mass is 322 g/mol. The van der Waals surface area contributed by atoms with E-state index in [1.165, 1.54) is 0 Å². The normalized spacial score (nSPS) is 10.5. The molecule has 7 heteroatoms. The van der Waals surface area contributed by atoms with Gasteiger partial charge in [0.05, 0.1) is 17.9 Å². The van der Waals surface area contributed by atoms with E-state index >= 15 is 0 Å². The van der Waals surface area contributed by atoms with Gasteiger partial charge in [-0.3, -0.25) is 4.79 Å². The van der Waals surface area contributed by atoms with E-state index in [0.717, 1.165) is 18.2 Å². The summed E-state index contributed by atoms with van der Waals surface area (Å²) >= 11 is 0. The number of ether oxygens (including phenoxy) is 1. The first-order chi connectivity index (χ1) is 10.8. The standard InChI is InChI=1S/C16H16F2N2O3/c1-4-23-16(22)13-8(2)14(19-9(13)3)15(21)20-12-7-10(17)5-6-11(12)18/h5-7,19H,4H2,1-3H3,(H,20,21). The van der Waals surface area contributed by atoms with E-state index in [2.05, 4.69) is 10.3 Å². The molecule has 2 aromatic rings. The number of carbonyl (C=O) groups excluding carboxylic acids is 2. The summed E-state index contributed by atoms with van der Waals surface area (Å²) in [4.78, 5) is 26.9. The molecule has 0 bridgehead atoms. The highest BCUT2D eigenvalue weighted by Gasteiger charge is 2.23. The zero-order valence-corrected chi connectivity index (χ0v) is 12.9. The van der Waals surface area contributed by atoms with Crippen LogP contribution in [-0.4, -0.2) is 23.5 Å². The number of H-pyrrole nitrogens is 1. The summed E-state index contributed by atoms with van der Waals surface area (Å²) in [6.45, 7) is 5.08. The largest absolute Gasteiger partial charge is 0.462 e. The lowest BCUT2D eigenvalue weighted by molar-refractivity contribution is 0.0525. The van der Waals surface area contributed by atoms with E-state index in [9.17, 15) is 18.4 Å². The third kappa shape index (κ3) is 3.39. The predicted octanol–water partition coefficient (Wildman–Crippen LogP) is 3.34. The molecule has 0 aliphatic carbocycles. The summed E-state index contributed by atoms with van der Waals surface area (Å²) in [6, 6.07) is 2.75. The molecule has 0 unspecified atom stereocenters. The van der Waals surface area contributed by atoms with Crippen molar-refractivity contribution in [1.82, 2.24) is 4.98 Å². The summed E-state index contributed by atoms with van der Waals surface area (Å²) in [6.07, 6.45) is 0. The van der Waals surface area contributed by atoms with Gasteiger partial charge in [-0.15, -0.1) is 0 Å². The molecule has 122 valence electrons. The molecule has 0 fully saturated rings. The summed E-state index contributed by atoms with van der Waals surface area (Å²) in [5.74, 6) is -2.65. The highest BCUT2D eigenvalue weighted by Crippen LogP contribution is 2.21. The van der Waals surface area contributed by atoms with Gasteiger partial charge in [0.1, 0.15) is 17.3 Å². The van der Waals surface area contributed by atoms with Gasteiger partial charge in [0.15, 0.2) is 0 Å².